The maximum atomic E-state index is 11.8. The summed E-state index contributed by atoms with van der Waals surface area (Å²) < 4.78 is 15.8. The number of amides is 2. The van der Waals surface area contributed by atoms with Gasteiger partial charge in [-0.15, -0.1) is 0 Å². The van der Waals surface area contributed by atoms with E-state index in [1.54, 1.807) is 7.11 Å². The molecule has 7 heteroatoms. The summed E-state index contributed by atoms with van der Waals surface area (Å²) in [7, 11) is 1.56. The van der Waals surface area contributed by atoms with Crippen LogP contribution in [0.3, 0.4) is 0 Å². The van der Waals surface area contributed by atoms with Crippen LogP contribution in [-0.2, 0) is 20.7 Å². The summed E-state index contributed by atoms with van der Waals surface area (Å²) in [4.78, 5) is 23.2. The Hall–Kier alpha value is -2.28. The quantitative estimate of drug-likeness (QED) is 0.671. The average molecular weight is 322 g/mol. The van der Waals surface area contributed by atoms with Crippen LogP contribution in [0, 0.1) is 0 Å². The molecular formula is C16H22N2O5. The molecule has 0 spiro atoms. The van der Waals surface area contributed by atoms with Crippen molar-refractivity contribution in [3.63, 3.8) is 0 Å². The third-order valence-electron chi connectivity index (χ3n) is 3.32. The van der Waals surface area contributed by atoms with Gasteiger partial charge in [0.15, 0.2) is 11.5 Å². The normalized spacial score (nSPS) is 12.6. The first kappa shape index (κ1) is 17.1. The zero-order valence-corrected chi connectivity index (χ0v) is 13.2. The standard InChI is InChI=1S/C16H22N2O5/c1-21-7-6-17-16(20)11-18-15(19)5-3-12-2-4-13-14(10-12)23-9-8-22-13/h2,4,10H,3,5-9,11H2,1H3,(H,17,20)(H,18,19). The molecule has 1 aromatic carbocycles. The summed E-state index contributed by atoms with van der Waals surface area (Å²) in [6.07, 6.45) is 0.888. The average Bonchev–Trinajstić information content (AvgIpc) is 2.58. The van der Waals surface area contributed by atoms with E-state index in [0.29, 0.717) is 45.0 Å². The Morgan fingerprint density at radius 2 is 1.91 bits per heavy atom. The van der Waals surface area contributed by atoms with Gasteiger partial charge in [-0.3, -0.25) is 9.59 Å². The van der Waals surface area contributed by atoms with Gasteiger partial charge in [0.25, 0.3) is 0 Å². The summed E-state index contributed by atoms with van der Waals surface area (Å²) in [5.74, 6) is 1.06. The van der Waals surface area contributed by atoms with Crippen LogP contribution in [0.2, 0.25) is 0 Å². The number of fused-ring (bicyclic) bond motifs is 1. The van der Waals surface area contributed by atoms with Crippen molar-refractivity contribution in [1.29, 1.82) is 0 Å². The van der Waals surface area contributed by atoms with Crippen LogP contribution in [0.15, 0.2) is 18.2 Å². The lowest BCUT2D eigenvalue weighted by molar-refractivity contribution is -0.126. The highest BCUT2D eigenvalue weighted by Crippen LogP contribution is 2.30. The minimum atomic E-state index is -0.227. The van der Waals surface area contributed by atoms with Gasteiger partial charge in [-0.1, -0.05) is 6.07 Å². The number of rotatable bonds is 8. The number of aryl methyl sites for hydroxylation is 1. The van der Waals surface area contributed by atoms with Gasteiger partial charge in [-0.2, -0.15) is 0 Å². The molecule has 1 aliphatic heterocycles. The van der Waals surface area contributed by atoms with E-state index in [2.05, 4.69) is 10.6 Å². The molecule has 23 heavy (non-hydrogen) atoms. The highest BCUT2D eigenvalue weighted by Gasteiger charge is 2.12. The van der Waals surface area contributed by atoms with E-state index in [-0.39, 0.29) is 18.4 Å². The molecule has 0 fully saturated rings. The van der Waals surface area contributed by atoms with Crippen LogP contribution < -0.4 is 20.1 Å². The molecule has 0 atom stereocenters. The molecule has 7 nitrogen and oxygen atoms in total. The molecule has 2 amide bonds. The molecule has 0 bridgehead atoms. The van der Waals surface area contributed by atoms with Gasteiger partial charge in [0.1, 0.15) is 13.2 Å². The SMILES string of the molecule is COCCNC(=O)CNC(=O)CCc1ccc2c(c1)OCCO2. The van der Waals surface area contributed by atoms with Crippen LogP contribution in [-0.4, -0.2) is 51.8 Å². The van der Waals surface area contributed by atoms with Crippen molar-refractivity contribution in [2.24, 2.45) is 0 Å². The molecule has 0 radical (unpaired) electrons. The molecule has 2 N–H and O–H groups in total. The number of hydrogen-bond donors (Lipinski definition) is 2. The predicted octanol–water partition coefficient (Wildman–Crippen LogP) is 0.269. The molecular weight excluding hydrogens is 300 g/mol. The fraction of sp³-hybridized carbons (Fsp3) is 0.500. The molecule has 1 aliphatic rings. The zero-order chi connectivity index (χ0) is 16.5. The highest BCUT2D eigenvalue weighted by molar-refractivity contribution is 5.84. The fourth-order valence-electron chi connectivity index (χ4n) is 2.12. The van der Waals surface area contributed by atoms with Gasteiger partial charge in [0, 0.05) is 20.1 Å². The Morgan fingerprint density at radius 1 is 1.13 bits per heavy atom. The summed E-state index contributed by atoms with van der Waals surface area (Å²) >= 11 is 0. The van der Waals surface area contributed by atoms with Crippen LogP contribution in [0.4, 0.5) is 0 Å². The van der Waals surface area contributed by atoms with Gasteiger partial charge in [0.05, 0.1) is 13.2 Å². The molecule has 0 aromatic heterocycles. The maximum absolute atomic E-state index is 11.8. The van der Waals surface area contributed by atoms with Crippen molar-refractivity contribution in [3.05, 3.63) is 23.8 Å². The highest BCUT2D eigenvalue weighted by atomic mass is 16.6. The van der Waals surface area contributed by atoms with Crippen molar-refractivity contribution in [2.45, 2.75) is 12.8 Å². The van der Waals surface area contributed by atoms with E-state index in [4.69, 9.17) is 14.2 Å². The van der Waals surface area contributed by atoms with Crippen LogP contribution in [0.25, 0.3) is 0 Å². The lowest BCUT2D eigenvalue weighted by Crippen LogP contribution is -2.38. The second kappa shape index (κ2) is 8.99. The largest absolute Gasteiger partial charge is 0.486 e. The summed E-state index contributed by atoms with van der Waals surface area (Å²) in [5, 5.41) is 5.23. The Morgan fingerprint density at radius 3 is 2.70 bits per heavy atom. The van der Waals surface area contributed by atoms with Crippen LogP contribution >= 0.6 is 0 Å². The van der Waals surface area contributed by atoms with Crippen molar-refractivity contribution >= 4 is 11.8 Å². The van der Waals surface area contributed by atoms with Crippen LogP contribution in [0.1, 0.15) is 12.0 Å². The van der Waals surface area contributed by atoms with Gasteiger partial charge in [0.2, 0.25) is 11.8 Å². The monoisotopic (exact) mass is 322 g/mol. The van der Waals surface area contributed by atoms with Gasteiger partial charge < -0.3 is 24.8 Å². The maximum Gasteiger partial charge on any atom is 0.239 e. The number of nitrogens with one attached hydrogen (secondary N) is 2. The van der Waals surface area contributed by atoms with E-state index in [9.17, 15) is 9.59 Å². The van der Waals surface area contributed by atoms with Gasteiger partial charge in [-0.25, -0.2) is 0 Å². The van der Waals surface area contributed by atoms with E-state index in [1.165, 1.54) is 0 Å². The molecule has 1 heterocycles. The van der Waals surface area contributed by atoms with E-state index in [1.807, 2.05) is 18.2 Å². The Kier molecular flexibility index (Phi) is 6.68. The summed E-state index contributed by atoms with van der Waals surface area (Å²) in [5.41, 5.74) is 0.994. The first-order valence-corrected chi connectivity index (χ1v) is 7.60. The molecule has 0 saturated carbocycles. The molecule has 2 rings (SSSR count). The second-order valence-corrected chi connectivity index (χ2v) is 5.10. The first-order chi connectivity index (χ1) is 11.2. The molecule has 0 aliphatic carbocycles. The Bertz CT molecular complexity index is 547. The van der Waals surface area contributed by atoms with Gasteiger partial charge >= 0.3 is 0 Å². The summed E-state index contributed by atoms with van der Waals surface area (Å²) in [6, 6.07) is 5.66. The smallest absolute Gasteiger partial charge is 0.239 e. The third-order valence-corrected chi connectivity index (χ3v) is 3.32. The Balaban J connectivity index is 1.69. The van der Waals surface area contributed by atoms with Crippen molar-refractivity contribution in [3.8, 4) is 11.5 Å². The van der Waals surface area contributed by atoms with E-state index in [0.717, 1.165) is 11.3 Å². The lowest BCUT2D eigenvalue weighted by atomic mass is 10.1. The third kappa shape index (κ3) is 5.78. The first-order valence-electron chi connectivity index (χ1n) is 7.60. The van der Waals surface area contributed by atoms with Gasteiger partial charge in [-0.05, 0) is 24.1 Å². The van der Waals surface area contributed by atoms with Crippen molar-refractivity contribution in [1.82, 2.24) is 10.6 Å². The minimum absolute atomic E-state index is 0.0241. The summed E-state index contributed by atoms with van der Waals surface area (Å²) in [6.45, 7) is 1.95. The number of benzene rings is 1. The number of hydrogen-bond acceptors (Lipinski definition) is 5. The van der Waals surface area contributed by atoms with Crippen molar-refractivity contribution < 1.29 is 23.8 Å². The molecule has 0 unspecified atom stereocenters. The molecule has 1 aromatic rings. The number of ether oxygens (including phenoxy) is 3. The lowest BCUT2D eigenvalue weighted by Gasteiger charge is -2.18. The fourth-order valence-corrected chi connectivity index (χ4v) is 2.12. The molecule has 0 saturated heterocycles. The molecule has 126 valence electrons. The van der Waals surface area contributed by atoms with E-state index >= 15 is 0 Å². The topological polar surface area (TPSA) is 85.9 Å². The zero-order valence-electron chi connectivity index (χ0n) is 13.2. The predicted molar refractivity (Wildman–Crippen MR) is 83.6 cm³/mol. The van der Waals surface area contributed by atoms with E-state index < -0.39 is 0 Å². The number of carbonyl (C=O) groups is 2. The minimum Gasteiger partial charge on any atom is -0.486 e. The number of carbonyl (C=O) groups excluding carboxylic acids is 2. The van der Waals surface area contributed by atoms with Crippen molar-refractivity contribution in [2.75, 3.05) is 40.0 Å². The number of methoxy groups -OCH3 is 1. The Labute approximate surface area is 135 Å². The van der Waals surface area contributed by atoms with Crippen LogP contribution in [0.5, 0.6) is 11.5 Å². The second-order valence-electron chi connectivity index (χ2n) is 5.10.